The molecule has 3 heteroatoms. The van der Waals surface area contributed by atoms with Crippen molar-refractivity contribution in [3.8, 4) is 0 Å². The number of hydrogen-bond donors (Lipinski definition) is 2. The van der Waals surface area contributed by atoms with E-state index in [-0.39, 0.29) is 6.03 Å². The molecule has 0 aromatic heterocycles. The van der Waals surface area contributed by atoms with Gasteiger partial charge in [-0.05, 0) is 19.3 Å². The highest BCUT2D eigenvalue weighted by Crippen LogP contribution is 2.03. The molecule has 14 heavy (non-hydrogen) atoms. The van der Waals surface area contributed by atoms with Gasteiger partial charge < -0.3 is 10.6 Å². The largest absolute Gasteiger partial charge is 0.338 e. The lowest BCUT2D eigenvalue weighted by Crippen LogP contribution is -2.42. The molecule has 84 valence electrons. The van der Waals surface area contributed by atoms with E-state index in [4.69, 9.17) is 0 Å². The van der Waals surface area contributed by atoms with Gasteiger partial charge in [-0.1, -0.05) is 33.6 Å². The SMILES string of the molecule is CCCNC(=O)NC(CCC)CCC. The smallest absolute Gasteiger partial charge is 0.315 e. The van der Waals surface area contributed by atoms with Gasteiger partial charge >= 0.3 is 6.03 Å². The Labute approximate surface area is 87.6 Å². The molecule has 0 aliphatic rings. The number of hydrogen-bond acceptors (Lipinski definition) is 1. The zero-order valence-corrected chi connectivity index (χ0v) is 9.73. The number of carbonyl (C=O) groups excluding carboxylic acids is 1. The van der Waals surface area contributed by atoms with Crippen molar-refractivity contribution in [1.82, 2.24) is 10.6 Å². The lowest BCUT2D eigenvalue weighted by Gasteiger charge is -2.17. The van der Waals surface area contributed by atoms with Gasteiger partial charge in [-0.3, -0.25) is 0 Å². The van der Waals surface area contributed by atoms with Crippen molar-refractivity contribution in [2.75, 3.05) is 6.54 Å². The molecule has 0 fully saturated rings. The van der Waals surface area contributed by atoms with Gasteiger partial charge in [0.05, 0.1) is 0 Å². The van der Waals surface area contributed by atoms with Crippen LogP contribution in [0.5, 0.6) is 0 Å². The van der Waals surface area contributed by atoms with Gasteiger partial charge in [-0.15, -0.1) is 0 Å². The van der Waals surface area contributed by atoms with Crippen LogP contribution in [0.25, 0.3) is 0 Å². The van der Waals surface area contributed by atoms with Crippen molar-refractivity contribution >= 4 is 6.03 Å². The molecule has 0 atom stereocenters. The van der Waals surface area contributed by atoms with Gasteiger partial charge in [0.2, 0.25) is 0 Å². The summed E-state index contributed by atoms with van der Waals surface area (Å²) in [5, 5.41) is 5.83. The van der Waals surface area contributed by atoms with Crippen LogP contribution in [-0.4, -0.2) is 18.6 Å². The number of nitrogens with one attached hydrogen (secondary N) is 2. The third-order valence-electron chi connectivity index (χ3n) is 2.15. The average Bonchev–Trinajstić information content (AvgIpc) is 2.15. The van der Waals surface area contributed by atoms with E-state index < -0.39 is 0 Å². The average molecular weight is 200 g/mol. The molecule has 0 bridgehead atoms. The molecule has 0 radical (unpaired) electrons. The molecule has 3 nitrogen and oxygen atoms in total. The third kappa shape index (κ3) is 6.75. The van der Waals surface area contributed by atoms with Crippen LogP contribution in [-0.2, 0) is 0 Å². The zero-order valence-electron chi connectivity index (χ0n) is 9.73. The summed E-state index contributed by atoms with van der Waals surface area (Å²) in [6.45, 7) is 7.11. The molecule has 0 spiro atoms. The van der Waals surface area contributed by atoms with Crippen molar-refractivity contribution in [3.05, 3.63) is 0 Å². The first-order valence-electron chi connectivity index (χ1n) is 5.78. The third-order valence-corrected chi connectivity index (χ3v) is 2.15. The minimum absolute atomic E-state index is 0.0150. The summed E-state index contributed by atoms with van der Waals surface area (Å²) < 4.78 is 0. The molecule has 0 aromatic rings. The Balaban J connectivity index is 3.71. The van der Waals surface area contributed by atoms with Gasteiger partial charge in [0.15, 0.2) is 0 Å². The number of rotatable bonds is 7. The highest BCUT2D eigenvalue weighted by Gasteiger charge is 2.09. The fourth-order valence-electron chi connectivity index (χ4n) is 1.46. The summed E-state index contributed by atoms with van der Waals surface area (Å²) in [6.07, 6.45) is 5.39. The Bertz CT molecular complexity index is 142. The first-order valence-corrected chi connectivity index (χ1v) is 5.78. The summed E-state index contributed by atoms with van der Waals surface area (Å²) >= 11 is 0. The van der Waals surface area contributed by atoms with Crippen LogP contribution in [0.1, 0.15) is 52.9 Å². The van der Waals surface area contributed by atoms with Gasteiger partial charge in [0.25, 0.3) is 0 Å². The molecule has 0 rings (SSSR count). The summed E-state index contributed by atoms with van der Waals surface area (Å²) in [4.78, 5) is 11.3. The Hall–Kier alpha value is -0.730. The second-order valence-electron chi connectivity index (χ2n) is 3.67. The predicted octanol–water partition coefficient (Wildman–Crippen LogP) is 2.66. The van der Waals surface area contributed by atoms with Gasteiger partial charge in [0, 0.05) is 12.6 Å². The maximum atomic E-state index is 11.3. The van der Waals surface area contributed by atoms with E-state index in [1.807, 2.05) is 0 Å². The van der Waals surface area contributed by atoms with E-state index in [1.54, 1.807) is 0 Å². The highest BCUT2D eigenvalue weighted by atomic mass is 16.2. The topological polar surface area (TPSA) is 41.1 Å². The fourth-order valence-corrected chi connectivity index (χ4v) is 1.46. The van der Waals surface area contributed by atoms with Crippen LogP contribution in [0.3, 0.4) is 0 Å². The predicted molar refractivity (Wildman–Crippen MR) is 60.4 cm³/mol. The van der Waals surface area contributed by atoms with E-state index in [1.165, 1.54) is 0 Å². The van der Waals surface area contributed by atoms with Crippen LogP contribution in [0, 0.1) is 0 Å². The van der Waals surface area contributed by atoms with Crippen LogP contribution < -0.4 is 10.6 Å². The normalized spacial score (nSPS) is 10.3. The summed E-state index contributed by atoms with van der Waals surface area (Å²) in [7, 11) is 0. The van der Waals surface area contributed by atoms with E-state index in [2.05, 4.69) is 31.4 Å². The fraction of sp³-hybridized carbons (Fsp3) is 0.909. The highest BCUT2D eigenvalue weighted by molar-refractivity contribution is 5.74. The molecule has 0 aromatic carbocycles. The standard InChI is InChI=1S/C11H24N2O/c1-4-7-10(8-5-2)13-11(14)12-9-6-3/h10H,4-9H2,1-3H3,(H2,12,13,14). The molecule has 0 unspecified atom stereocenters. The molecule has 0 saturated carbocycles. The van der Waals surface area contributed by atoms with E-state index >= 15 is 0 Å². The minimum Gasteiger partial charge on any atom is -0.338 e. The van der Waals surface area contributed by atoms with Crippen LogP contribution in [0.4, 0.5) is 4.79 Å². The van der Waals surface area contributed by atoms with Gasteiger partial charge in [-0.2, -0.15) is 0 Å². The molecule has 2 amide bonds. The van der Waals surface area contributed by atoms with Crippen molar-refractivity contribution in [2.24, 2.45) is 0 Å². The number of urea groups is 1. The van der Waals surface area contributed by atoms with Crippen LogP contribution in [0.15, 0.2) is 0 Å². The van der Waals surface area contributed by atoms with Crippen molar-refractivity contribution < 1.29 is 4.79 Å². The molecular weight excluding hydrogens is 176 g/mol. The quantitative estimate of drug-likeness (QED) is 0.651. The zero-order chi connectivity index (χ0) is 10.8. The monoisotopic (exact) mass is 200 g/mol. The summed E-state index contributed by atoms with van der Waals surface area (Å²) in [6, 6.07) is 0.334. The first-order chi connectivity index (χ1) is 6.74. The number of amides is 2. The van der Waals surface area contributed by atoms with Crippen molar-refractivity contribution in [3.63, 3.8) is 0 Å². The van der Waals surface area contributed by atoms with Gasteiger partial charge in [-0.25, -0.2) is 4.79 Å². The maximum Gasteiger partial charge on any atom is 0.315 e. The molecule has 0 saturated heterocycles. The second-order valence-corrected chi connectivity index (χ2v) is 3.67. The second kappa shape index (κ2) is 8.85. The molecule has 0 aliphatic carbocycles. The Morgan fingerprint density at radius 3 is 2.07 bits per heavy atom. The first kappa shape index (κ1) is 13.3. The van der Waals surface area contributed by atoms with Crippen LogP contribution in [0.2, 0.25) is 0 Å². The maximum absolute atomic E-state index is 11.3. The number of carbonyl (C=O) groups is 1. The summed E-state index contributed by atoms with van der Waals surface area (Å²) in [5.41, 5.74) is 0. The Morgan fingerprint density at radius 1 is 1.07 bits per heavy atom. The van der Waals surface area contributed by atoms with Gasteiger partial charge in [0.1, 0.15) is 0 Å². The lowest BCUT2D eigenvalue weighted by atomic mass is 10.1. The lowest BCUT2D eigenvalue weighted by molar-refractivity contribution is 0.235. The van der Waals surface area contributed by atoms with Crippen molar-refractivity contribution in [2.45, 2.75) is 58.9 Å². The molecule has 2 N–H and O–H groups in total. The Morgan fingerprint density at radius 2 is 1.64 bits per heavy atom. The van der Waals surface area contributed by atoms with E-state index in [0.29, 0.717) is 6.04 Å². The molecule has 0 heterocycles. The molecule has 0 aliphatic heterocycles. The Kier molecular flexibility index (Phi) is 8.39. The minimum atomic E-state index is -0.0150. The van der Waals surface area contributed by atoms with Crippen molar-refractivity contribution in [1.29, 1.82) is 0 Å². The summed E-state index contributed by atoms with van der Waals surface area (Å²) in [5.74, 6) is 0. The van der Waals surface area contributed by atoms with Crippen LogP contribution >= 0.6 is 0 Å². The van der Waals surface area contributed by atoms with E-state index in [9.17, 15) is 4.79 Å². The molecular formula is C11H24N2O. The van der Waals surface area contributed by atoms with E-state index in [0.717, 1.165) is 38.6 Å².